The van der Waals surface area contributed by atoms with Crippen molar-refractivity contribution in [3.63, 3.8) is 0 Å². The highest BCUT2D eigenvalue weighted by Gasteiger charge is 2.26. The van der Waals surface area contributed by atoms with Gasteiger partial charge in [0.2, 0.25) is 11.5 Å². The van der Waals surface area contributed by atoms with Crippen LogP contribution in [0.25, 0.3) is 32.8 Å². The molecule has 0 atom stereocenters. The van der Waals surface area contributed by atoms with Crippen LogP contribution in [0.4, 0.5) is 5.69 Å². The third-order valence-corrected chi connectivity index (χ3v) is 6.17. The minimum Gasteiger partial charge on any atom is -0.430 e. The fourth-order valence-corrected chi connectivity index (χ4v) is 4.43. The number of nitrogens with zero attached hydrogens (tertiary/aromatic N) is 3. The van der Waals surface area contributed by atoms with Crippen molar-refractivity contribution >= 4 is 45.6 Å². The molecule has 0 unspecified atom stereocenters. The van der Waals surface area contributed by atoms with Crippen LogP contribution in [0.3, 0.4) is 0 Å². The van der Waals surface area contributed by atoms with Crippen LogP contribution in [0.5, 0.6) is 0 Å². The standard InChI is InChI=1S/C23H17ClN4O2S/c1-12-10-13(2)28(27-12)23(29)21-20(25)19-16(14-5-7-15(24)8-6-14)11-17(26-22(19)30-21)18-4-3-9-31-18/h3-11H,25H2,1-2H3. The first kappa shape index (κ1) is 19.5. The molecule has 5 aromatic rings. The smallest absolute Gasteiger partial charge is 0.316 e. The molecule has 0 radical (unpaired) electrons. The Labute approximate surface area is 186 Å². The predicted molar refractivity (Wildman–Crippen MR) is 124 cm³/mol. The zero-order valence-electron chi connectivity index (χ0n) is 16.7. The number of thiophene rings is 1. The lowest BCUT2D eigenvalue weighted by atomic mass is 10.0. The molecule has 0 saturated carbocycles. The van der Waals surface area contributed by atoms with E-state index < -0.39 is 5.91 Å². The van der Waals surface area contributed by atoms with E-state index in [1.54, 1.807) is 11.3 Å². The first-order valence-electron chi connectivity index (χ1n) is 9.53. The monoisotopic (exact) mass is 448 g/mol. The van der Waals surface area contributed by atoms with Crippen molar-refractivity contribution in [1.82, 2.24) is 14.8 Å². The predicted octanol–water partition coefficient (Wildman–Crippen LogP) is 5.96. The van der Waals surface area contributed by atoms with Gasteiger partial charge in [0.05, 0.1) is 27.3 Å². The summed E-state index contributed by atoms with van der Waals surface area (Å²) < 4.78 is 7.23. The Morgan fingerprint density at radius 2 is 1.94 bits per heavy atom. The van der Waals surface area contributed by atoms with Crippen LogP contribution < -0.4 is 5.73 Å². The van der Waals surface area contributed by atoms with Crippen LogP contribution in [-0.2, 0) is 0 Å². The molecule has 0 bridgehead atoms. The average Bonchev–Trinajstić information content (AvgIpc) is 3.47. The number of halogens is 1. The number of rotatable bonds is 3. The Hall–Kier alpha value is -3.42. The maximum Gasteiger partial charge on any atom is 0.316 e. The third-order valence-electron chi connectivity index (χ3n) is 5.02. The molecule has 0 aliphatic carbocycles. The van der Waals surface area contributed by atoms with Gasteiger partial charge in [-0.05, 0) is 60.7 Å². The molecular formula is C23H17ClN4O2S. The number of nitrogens with two attached hydrogens (primary N) is 1. The van der Waals surface area contributed by atoms with Crippen LogP contribution in [0, 0.1) is 13.8 Å². The van der Waals surface area contributed by atoms with Gasteiger partial charge in [-0.15, -0.1) is 11.3 Å². The second-order valence-corrected chi connectivity index (χ2v) is 8.59. The van der Waals surface area contributed by atoms with E-state index in [4.69, 9.17) is 21.8 Å². The second kappa shape index (κ2) is 7.37. The van der Waals surface area contributed by atoms with Gasteiger partial charge in [0.15, 0.2) is 0 Å². The Morgan fingerprint density at radius 1 is 1.16 bits per heavy atom. The molecule has 5 rings (SSSR count). The van der Waals surface area contributed by atoms with Crippen LogP contribution >= 0.6 is 22.9 Å². The molecule has 1 aromatic carbocycles. The van der Waals surface area contributed by atoms with Crippen molar-refractivity contribution in [2.24, 2.45) is 0 Å². The van der Waals surface area contributed by atoms with Crippen molar-refractivity contribution in [2.45, 2.75) is 13.8 Å². The fourth-order valence-electron chi connectivity index (χ4n) is 3.62. The van der Waals surface area contributed by atoms with Crippen molar-refractivity contribution in [1.29, 1.82) is 0 Å². The minimum absolute atomic E-state index is 0.0206. The van der Waals surface area contributed by atoms with Gasteiger partial charge >= 0.3 is 5.91 Å². The number of benzene rings is 1. The largest absolute Gasteiger partial charge is 0.430 e. The minimum atomic E-state index is -0.430. The number of anilines is 1. The number of hydrogen-bond acceptors (Lipinski definition) is 6. The van der Waals surface area contributed by atoms with Crippen molar-refractivity contribution < 1.29 is 9.21 Å². The molecule has 8 heteroatoms. The summed E-state index contributed by atoms with van der Waals surface area (Å²) in [7, 11) is 0. The summed E-state index contributed by atoms with van der Waals surface area (Å²) in [4.78, 5) is 18.8. The number of aryl methyl sites for hydroxylation is 2. The number of aromatic nitrogens is 3. The second-order valence-electron chi connectivity index (χ2n) is 7.21. The Balaban J connectivity index is 1.77. The molecule has 2 N–H and O–H groups in total. The Kier molecular flexibility index (Phi) is 4.64. The highest BCUT2D eigenvalue weighted by molar-refractivity contribution is 7.13. The van der Waals surface area contributed by atoms with Gasteiger partial charge in [0, 0.05) is 10.7 Å². The van der Waals surface area contributed by atoms with Gasteiger partial charge in [-0.1, -0.05) is 29.8 Å². The molecule has 0 spiro atoms. The number of pyridine rings is 1. The number of fused-ring (bicyclic) bond motifs is 1. The normalized spacial score (nSPS) is 11.3. The summed E-state index contributed by atoms with van der Waals surface area (Å²) in [5.41, 5.74) is 10.9. The molecule has 31 heavy (non-hydrogen) atoms. The molecular weight excluding hydrogens is 432 g/mol. The molecule has 4 heterocycles. The van der Waals surface area contributed by atoms with Gasteiger partial charge in [0.25, 0.3) is 0 Å². The van der Waals surface area contributed by atoms with Gasteiger partial charge < -0.3 is 10.2 Å². The van der Waals surface area contributed by atoms with E-state index in [9.17, 15) is 4.79 Å². The molecule has 0 aliphatic rings. The number of carbonyl (C=O) groups excluding carboxylic acids is 1. The lowest BCUT2D eigenvalue weighted by Crippen LogP contribution is -2.15. The molecule has 0 aliphatic heterocycles. The first-order valence-corrected chi connectivity index (χ1v) is 10.8. The molecule has 0 fully saturated rings. The quantitative estimate of drug-likeness (QED) is 0.368. The van der Waals surface area contributed by atoms with Gasteiger partial charge in [0.1, 0.15) is 0 Å². The molecule has 0 amide bonds. The van der Waals surface area contributed by atoms with E-state index in [0.717, 1.165) is 27.4 Å². The van der Waals surface area contributed by atoms with Crippen molar-refractivity contribution in [3.05, 3.63) is 76.1 Å². The zero-order valence-corrected chi connectivity index (χ0v) is 18.3. The van der Waals surface area contributed by atoms with E-state index in [-0.39, 0.29) is 11.4 Å². The van der Waals surface area contributed by atoms with Gasteiger partial charge in [-0.25, -0.2) is 4.98 Å². The van der Waals surface area contributed by atoms with E-state index in [1.165, 1.54) is 4.68 Å². The summed E-state index contributed by atoms with van der Waals surface area (Å²) in [5, 5.41) is 7.47. The summed E-state index contributed by atoms with van der Waals surface area (Å²) in [6.45, 7) is 3.63. The summed E-state index contributed by atoms with van der Waals surface area (Å²) in [6.07, 6.45) is 0. The highest BCUT2D eigenvalue weighted by atomic mass is 35.5. The molecule has 0 saturated heterocycles. The van der Waals surface area contributed by atoms with E-state index in [1.807, 2.05) is 67.8 Å². The third kappa shape index (κ3) is 3.32. The maximum absolute atomic E-state index is 13.2. The molecule has 4 aromatic heterocycles. The first-order chi connectivity index (χ1) is 14.9. The number of furan rings is 1. The summed E-state index contributed by atoms with van der Waals surface area (Å²) >= 11 is 7.66. The number of carbonyl (C=O) groups is 1. The van der Waals surface area contributed by atoms with Crippen molar-refractivity contribution in [3.8, 4) is 21.7 Å². The summed E-state index contributed by atoms with van der Waals surface area (Å²) in [5.74, 6) is -0.409. The van der Waals surface area contributed by atoms with E-state index in [2.05, 4.69) is 10.1 Å². The lowest BCUT2D eigenvalue weighted by Gasteiger charge is -2.07. The van der Waals surface area contributed by atoms with Crippen molar-refractivity contribution in [2.75, 3.05) is 5.73 Å². The van der Waals surface area contributed by atoms with Crippen LogP contribution in [0.2, 0.25) is 5.02 Å². The van der Waals surface area contributed by atoms with Crippen LogP contribution in [0.15, 0.2) is 58.3 Å². The Bertz CT molecular complexity index is 1430. The van der Waals surface area contributed by atoms with E-state index in [0.29, 0.717) is 21.8 Å². The fraction of sp³-hybridized carbons (Fsp3) is 0.0870. The molecule has 154 valence electrons. The topological polar surface area (TPSA) is 86.9 Å². The average molecular weight is 449 g/mol. The summed E-state index contributed by atoms with van der Waals surface area (Å²) in [6, 6.07) is 15.2. The number of hydrogen-bond donors (Lipinski definition) is 1. The highest BCUT2D eigenvalue weighted by Crippen LogP contribution is 2.39. The zero-order chi connectivity index (χ0) is 21.7. The van der Waals surface area contributed by atoms with Crippen LogP contribution in [0.1, 0.15) is 21.9 Å². The molecule has 6 nitrogen and oxygen atoms in total. The lowest BCUT2D eigenvalue weighted by molar-refractivity contribution is 0.0917. The SMILES string of the molecule is Cc1cc(C)n(C(=O)c2oc3nc(-c4cccs4)cc(-c4ccc(Cl)cc4)c3c2N)n1. The van der Waals surface area contributed by atoms with Gasteiger partial charge in [-0.3, -0.25) is 4.79 Å². The number of nitrogen functional groups attached to an aromatic ring is 1. The van der Waals surface area contributed by atoms with Gasteiger partial charge in [-0.2, -0.15) is 9.78 Å². The Morgan fingerprint density at radius 3 is 2.58 bits per heavy atom. The van der Waals surface area contributed by atoms with E-state index >= 15 is 0 Å². The maximum atomic E-state index is 13.2. The van der Waals surface area contributed by atoms with Crippen LogP contribution in [-0.4, -0.2) is 20.7 Å².